The highest BCUT2D eigenvalue weighted by Crippen LogP contribution is 2.33. The van der Waals surface area contributed by atoms with Gasteiger partial charge in [-0.25, -0.2) is 18.4 Å². The molecule has 1 aliphatic heterocycles. The van der Waals surface area contributed by atoms with Gasteiger partial charge in [0.2, 0.25) is 5.95 Å². The highest BCUT2D eigenvalue weighted by atomic mass is 32.2. The number of piperidine rings is 1. The zero-order valence-electron chi connectivity index (χ0n) is 15.5. The van der Waals surface area contributed by atoms with Gasteiger partial charge < -0.3 is 4.90 Å². The van der Waals surface area contributed by atoms with E-state index in [9.17, 15) is 8.42 Å². The quantitative estimate of drug-likeness (QED) is 0.634. The molecule has 146 valence electrons. The van der Waals surface area contributed by atoms with E-state index in [-0.39, 0.29) is 0 Å². The molecule has 9 heteroatoms. The fourth-order valence-electron chi connectivity index (χ4n) is 3.16. The van der Waals surface area contributed by atoms with Gasteiger partial charge in [0.25, 0.3) is 10.0 Å². The standard InChI is InChI=1S/C19H21N5O2S2/c1-23(15-7-10-20-11-8-15)19-21-12-9-16(22-19)17-5-6-18(27-17)28(25,26)24-13-3-2-4-14-24/h5-12H,2-4,13-14H2,1H3. The van der Waals surface area contributed by atoms with Gasteiger partial charge in [-0.15, -0.1) is 11.3 Å². The van der Waals surface area contributed by atoms with Crippen molar-refractivity contribution in [3.8, 4) is 10.6 Å². The van der Waals surface area contributed by atoms with Crippen molar-refractivity contribution < 1.29 is 8.42 Å². The van der Waals surface area contributed by atoms with Gasteiger partial charge in [0.05, 0.1) is 10.6 Å². The van der Waals surface area contributed by atoms with Crippen LogP contribution >= 0.6 is 11.3 Å². The maximum absolute atomic E-state index is 12.9. The fraction of sp³-hybridized carbons (Fsp3) is 0.316. The highest BCUT2D eigenvalue weighted by Gasteiger charge is 2.27. The van der Waals surface area contributed by atoms with Crippen LogP contribution in [0.25, 0.3) is 10.6 Å². The normalized spacial score (nSPS) is 15.5. The first-order valence-corrected chi connectivity index (χ1v) is 11.4. The number of hydrogen-bond donors (Lipinski definition) is 0. The number of rotatable bonds is 5. The van der Waals surface area contributed by atoms with Crippen molar-refractivity contribution in [1.29, 1.82) is 0 Å². The minimum Gasteiger partial charge on any atom is -0.313 e. The molecular weight excluding hydrogens is 394 g/mol. The Balaban J connectivity index is 1.61. The van der Waals surface area contributed by atoms with Crippen LogP contribution in [0, 0.1) is 0 Å². The second kappa shape index (κ2) is 7.94. The average Bonchev–Trinajstić information content (AvgIpc) is 3.26. The van der Waals surface area contributed by atoms with Crippen LogP contribution in [0.4, 0.5) is 11.6 Å². The van der Waals surface area contributed by atoms with Gasteiger partial charge in [0, 0.05) is 44.4 Å². The Bertz CT molecular complexity index is 1050. The van der Waals surface area contributed by atoms with E-state index in [0.29, 0.717) is 28.9 Å². The first kappa shape index (κ1) is 19.0. The molecule has 0 bridgehead atoms. The van der Waals surface area contributed by atoms with Crippen LogP contribution in [0.3, 0.4) is 0 Å². The number of nitrogens with zero attached hydrogens (tertiary/aromatic N) is 5. The summed E-state index contributed by atoms with van der Waals surface area (Å²) in [4.78, 5) is 15.7. The van der Waals surface area contributed by atoms with Gasteiger partial charge in [-0.3, -0.25) is 4.98 Å². The highest BCUT2D eigenvalue weighted by molar-refractivity contribution is 7.91. The van der Waals surface area contributed by atoms with Crippen molar-refractivity contribution in [3.05, 3.63) is 48.9 Å². The van der Waals surface area contributed by atoms with Crippen molar-refractivity contribution in [2.24, 2.45) is 0 Å². The van der Waals surface area contributed by atoms with Gasteiger partial charge in [-0.1, -0.05) is 6.42 Å². The number of aromatic nitrogens is 3. The van der Waals surface area contributed by atoms with E-state index >= 15 is 0 Å². The maximum Gasteiger partial charge on any atom is 0.252 e. The summed E-state index contributed by atoms with van der Waals surface area (Å²) in [6.45, 7) is 1.20. The molecule has 0 N–H and O–H groups in total. The van der Waals surface area contributed by atoms with Crippen LogP contribution in [0.5, 0.6) is 0 Å². The monoisotopic (exact) mass is 415 g/mol. The fourth-order valence-corrected chi connectivity index (χ4v) is 6.11. The van der Waals surface area contributed by atoms with Crippen LogP contribution < -0.4 is 4.90 Å². The summed E-state index contributed by atoms with van der Waals surface area (Å²) < 4.78 is 27.7. The first-order chi connectivity index (χ1) is 13.6. The summed E-state index contributed by atoms with van der Waals surface area (Å²) in [6, 6.07) is 9.06. The molecule has 4 heterocycles. The van der Waals surface area contributed by atoms with Gasteiger partial charge in [0.15, 0.2) is 0 Å². The summed E-state index contributed by atoms with van der Waals surface area (Å²) in [7, 11) is -1.54. The van der Waals surface area contributed by atoms with Crippen molar-refractivity contribution in [2.75, 3.05) is 25.0 Å². The lowest BCUT2D eigenvalue weighted by Crippen LogP contribution is -2.35. The van der Waals surface area contributed by atoms with Crippen LogP contribution in [0.2, 0.25) is 0 Å². The molecule has 0 aromatic carbocycles. The molecule has 1 saturated heterocycles. The molecule has 0 saturated carbocycles. The number of anilines is 2. The van der Waals surface area contributed by atoms with Crippen molar-refractivity contribution in [1.82, 2.24) is 19.3 Å². The molecule has 3 aromatic rings. The largest absolute Gasteiger partial charge is 0.313 e. The number of sulfonamides is 1. The van der Waals surface area contributed by atoms with E-state index in [1.165, 1.54) is 11.3 Å². The Morgan fingerprint density at radius 1 is 1.00 bits per heavy atom. The minimum atomic E-state index is -3.43. The van der Waals surface area contributed by atoms with Gasteiger partial charge in [-0.2, -0.15) is 4.31 Å². The van der Waals surface area contributed by atoms with Crippen molar-refractivity contribution in [2.45, 2.75) is 23.5 Å². The number of thiophene rings is 1. The lowest BCUT2D eigenvalue weighted by Gasteiger charge is -2.25. The van der Waals surface area contributed by atoms with E-state index in [2.05, 4.69) is 15.0 Å². The van der Waals surface area contributed by atoms with Crippen molar-refractivity contribution in [3.63, 3.8) is 0 Å². The summed E-state index contributed by atoms with van der Waals surface area (Å²) in [5.41, 5.74) is 1.63. The molecule has 0 aliphatic carbocycles. The van der Waals surface area contributed by atoms with Crippen LogP contribution in [0.15, 0.2) is 53.1 Å². The molecule has 7 nitrogen and oxygen atoms in total. The summed E-state index contributed by atoms with van der Waals surface area (Å²) in [5, 5.41) is 0. The Hall–Kier alpha value is -2.36. The van der Waals surface area contributed by atoms with Gasteiger partial charge >= 0.3 is 0 Å². The first-order valence-electron chi connectivity index (χ1n) is 9.13. The average molecular weight is 416 g/mol. The molecule has 4 rings (SSSR count). The third kappa shape index (κ3) is 3.78. The van der Waals surface area contributed by atoms with Crippen LogP contribution in [0.1, 0.15) is 19.3 Å². The van der Waals surface area contributed by atoms with Crippen LogP contribution in [-0.2, 0) is 10.0 Å². The SMILES string of the molecule is CN(c1ccncc1)c1nccc(-c2ccc(S(=O)(=O)N3CCCCC3)s2)n1. The van der Waals surface area contributed by atoms with Crippen LogP contribution in [-0.4, -0.2) is 47.8 Å². The van der Waals surface area contributed by atoms with E-state index < -0.39 is 10.0 Å². The second-order valence-electron chi connectivity index (χ2n) is 6.59. The molecule has 0 unspecified atom stereocenters. The van der Waals surface area contributed by atoms with E-state index in [0.717, 1.165) is 29.8 Å². The molecule has 1 fully saturated rings. The molecule has 0 spiro atoms. The molecule has 0 amide bonds. The Morgan fingerprint density at radius 2 is 1.75 bits per heavy atom. The molecule has 0 atom stereocenters. The lowest BCUT2D eigenvalue weighted by atomic mass is 10.2. The smallest absolute Gasteiger partial charge is 0.252 e. The van der Waals surface area contributed by atoms with E-state index in [4.69, 9.17) is 0 Å². The predicted octanol–water partition coefficient (Wildman–Crippen LogP) is 3.54. The second-order valence-corrected chi connectivity index (χ2v) is 9.84. The molecule has 1 aliphatic rings. The maximum atomic E-state index is 12.9. The van der Waals surface area contributed by atoms with E-state index in [1.54, 1.807) is 35.0 Å². The Labute approximate surface area is 168 Å². The summed E-state index contributed by atoms with van der Waals surface area (Å²) >= 11 is 1.25. The third-order valence-corrected chi connectivity index (χ3v) is 8.21. The van der Waals surface area contributed by atoms with Crippen molar-refractivity contribution >= 4 is 33.0 Å². The molecule has 28 heavy (non-hydrogen) atoms. The Kier molecular flexibility index (Phi) is 5.38. The van der Waals surface area contributed by atoms with Gasteiger partial charge in [-0.05, 0) is 43.2 Å². The molecule has 3 aromatic heterocycles. The zero-order valence-corrected chi connectivity index (χ0v) is 17.2. The van der Waals surface area contributed by atoms with E-state index in [1.807, 2.05) is 30.1 Å². The predicted molar refractivity (Wildman–Crippen MR) is 110 cm³/mol. The topological polar surface area (TPSA) is 79.3 Å². The molecule has 0 radical (unpaired) electrons. The molecular formula is C19H21N5O2S2. The summed E-state index contributed by atoms with van der Waals surface area (Å²) in [6.07, 6.45) is 8.06. The summed E-state index contributed by atoms with van der Waals surface area (Å²) in [5.74, 6) is 0.539. The third-order valence-electron chi connectivity index (χ3n) is 4.74. The minimum absolute atomic E-state index is 0.368. The zero-order chi connectivity index (χ0) is 19.6. The Morgan fingerprint density at radius 3 is 2.50 bits per heavy atom. The van der Waals surface area contributed by atoms with Gasteiger partial charge in [0.1, 0.15) is 4.21 Å². The number of pyridine rings is 1. The lowest BCUT2D eigenvalue weighted by molar-refractivity contribution is 0.347. The number of hydrogen-bond acceptors (Lipinski definition) is 7.